The summed E-state index contributed by atoms with van der Waals surface area (Å²) in [5.74, 6) is 0. The fourth-order valence-corrected chi connectivity index (χ4v) is 8.05. The Morgan fingerprint density at radius 2 is 1.00 bits per heavy atom. The minimum atomic E-state index is 1.12. The minimum absolute atomic E-state index is 1.12. The second kappa shape index (κ2) is 11.0. The van der Waals surface area contributed by atoms with Gasteiger partial charge in [0.15, 0.2) is 0 Å². The summed E-state index contributed by atoms with van der Waals surface area (Å²) in [5, 5.41) is 7.72. The summed E-state index contributed by atoms with van der Waals surface area (Å²) in [6.45, 7) is 0. The summed E-state index contributed by atoms with van der Waals surface area (Å²) in [6, 6.07) is 63.9. The van der Waals surface area contributed by atoms with Gasteiger partial charge in [-0.05, 0) is 86.3 Å². The van der Waals surface area contributed by atoms with Gasteiger partial charge in [-0.2, -0.15) is 0 Å². The van der Waals surface area contributed by atoms with Crippen LogP contribution in [0.2, 0.25) is 0 Å². The van der Waals surface area contributed by atoms with E-state index in [4.69, 9.17) is 0 Å². The van der Waals surface area contributed by atoms with E-state index in [0.29, 0.717) is 0 Å². The smallest absolute Gasteiger partial charge is 0.0468 e. The van der Waals surface area contributed by atoms with Crippen LogP contribution < -0.4 is 4.90 Å². The molecule has 0 radical (unpaired) electrons. The standard InChI is InChI=1S/C44H29NS/c1-2-10-30(11-3-1)31-20-23-35(24-21-31)45(36-15-8-14-33(28-36)39-18-9-13-32-12-4-5-16-38(32)39)37-25-27-40-34(29-37)22-26-42-41-17-6-7-19-43(41)46-44(40)42/h1-29H. The third kappa shape index (κ3) is 4.54. The van der Waals surface area contributed by atoms with Crippen LogP contribution in [-0.2, 0) is 0 Å². The Labute approximate surface area is 272 Å². The lowest BCUT2D eigenvalue weighted by Gasteiger charge is -2.27. The molecule has 46 heavy (non-hydrogen) atoms. The zero-order valence-corrected chi connectivity index (χ0v) is 25.9. The van der Waals surface area contributed by atoms with Crippen molar-refractivity contribution >= 4 is 70.1 Å². The van der Waals surface area contributed by atoms with E-state index in [9.17, 15) is 0 Å². The number of nitrogens with zero attached hydrogens (tertiary/aromatic N) is 1. The van der Waals surface area contributed by atoms with Gasteiger partial charge in [0.2, 0.25) is 0 Å². The summed E-state index contributed by atoms with van der Waals surface area (Å²) < 4.78 is 2.68. The van der Waals surface area contributed by atoms with Crippen LogP contribution in [-0.4, -0.2) is 0 Å². The molecule has 2 heteroatoms. The summed E-state index contributed by atoms with van der Waals surface area (Å²) in [7, 11) is 0. The number of rotatable bonds is 5. The predicted molar refractivity (Wildman–Crippen MR) is 200 cm³/mol. The highest BCUT2D eigenvalue weighted by atomic mass is 32.1. The van der Waals surface area contributed by atoms with Crippen molar-refractivity contribution in [1.29, 1.82) is 0 Å². The molecule has 0 aliphatic heterocycles. The number of hydrogen-bond donors (Lipinski definition) is 0. The highest BCUT2D eigenvalue weighted by molar-refractivity contribution is 7.26. The zero-order valence-electron chi connectivity index (χ0n) is 25.1. The van der Waals surface area contributed by atoms with E-state index >= 15 is 0 Å². The molecule has 0 aliphatic carbocycles. The van der Waals surface area contributed by atoms with E-state index in [1.807, 2.05) is 11.3 Å². The first kappa shape index (κ1) is 26.7. The summed E-state index contributed by atoms with van der Waals surface area (Å²) >= 11 is 1.88. The molecule has 0 bridgehead atoms. The second-order valence-electron chi connectivity index (χ2n) is 11.8. The van der Waals surface area contributed by atoms with Gasteiger partial charge in [0.05, 0.1) is 0 Å². The molecule has 0 spiro atoms. The molecule has 0 saturated heterocycles. The largest absolute Gasteiger partial charge is 0.310 e. The molecule has 9 aromatic rings. The number of thiophene rings is 1. The lowest BCUT2D eigenvalue weighted by Crippen LogP contribution is -2.10. The molecule has 216 valence electrons. The van der Waals surface area contributed by atoms with Crippen molar-refractivity contribution in [3.05, 3.63) is 176 Å². The van der Waals surface area contributed by atoms with Crippen molar-refractivity contribution < 1.29 is 0 Å². The molecule has 1 heterocycles. The molecule has 0 N–H and O–H groups in total. The van der Waals surface area contributed by atoms with Gasteiger partial charge in [0.25, 0.3) is 0 Å². The van der Waals surface area contributed by atoms with Crippen LogP contribution in [0.5, 0.6) is 0 Å². The average molecular weight is 604 g/mol. The monoisotopic (exact) mass is 603 g/mol. The summed E-state index contributed by atoms with van der Waals surface area (Å²) in [6.07, 6.45) is 0. The van der Waals surface area contributed by atoms with Gasteiger partial charge in [-0.3, -0.25) is 0 Å². The highest BCUT2D eigenvalue weighted by Gasteiger charge is 2.16. The van der Waals surface area contributed by atoms with Crippen molar-refractivity contribution in [3.8, 4) is 22.3 Å². The minimum Gasteiger partial charge on any atom is -0.310 e. The van der Waals surface area contributed by atoms with Gasteiger partial charge in [0, 0.05) is 37.2 Å². The van der Waals surface area contributed by atoms with E-state index in [2.05, 4.69) is 181 Å². The van der Waals surface area contributed by atoms with E-state index < -0.39 is 0 Å². The lowest BCUT2D eigenvalue weighted by molar-refractivity contribution is 1.29. The summed E-state index contributed by atoms with van der Waals surface area (Å²) in [4.78, 5) is 2.39. The van der Waals surface area contributed by atoms with Crippen molar-refractivity contribution in [2.75, 3.05) is 4.90 Å². The van der Waals surface area contributed by atoms with E-state index in [0.717, 1.165) is 17.1 Å². The molecule has 0 aliphatic rings. The Morgan fingerprint density at radius 1 is 0.348 bits per heavy atom. The first-order valence-electron chi connectivity index (χ1n) is 15.7. The fourth-order valence-electron chi connectivity index (χ4n) is 6.81. The maximum Gasteiger partial charge on any atom is 0.0468 e. The molecule has 0 unspecified atom stereocenters. The normalized spacial score (nSPS) is 11.5. The van der Waals surface area contributed by atoms with Gasteiger partial charge in [-0.1, -0.05) is 133 Å². The Morgan fingerprint density at radius 3 is 1.89 bits per heavy atom. The number of fused-ring (bicyclic) bond motifs is 6. The van der Waals surface area contributed by atoms with E-state index in [1.54, 1.807) is 0 Å². The molecule has 0 amide bonds. The molecular weight excluding hydrogens is 575 g/mol. The van der Waals surface area contributed by atoms with Crippen molar-refractivity contribution in [2.45, 2.75) is 0 Å². The topological polar surface area (TPSA) is 3.24 Å². The number of anilines is 3. The quantitative estimate of drug-likeness (QED) is 0.189. The molecule has 1 aromatic heterocycles. The van der Waals surface area contributed by atoms with Crippen LogP contribution in [0.15, 0.2) is 176 Å². The van der Waals surface area contributed by atoms with Crippen LogP contribution in [0.3, 0.4) is 0 Å². The maximum atomic E-state index is 2.39. The Hall–Kier alpha value is -5.70. The third-order valence-electron chi connectivity index (χ3n) is 9.04. The Kier molecular flexibility index (Phi) is 6.40. The highest BCUT2D eigenvalue weighted by Crippen LogP contribution is 2.42. The molecular formula is C44H29NS. The van der Waals surface area contributed by atoms with Crippen LogP contribution in [0, 0.1) is 0 Å². The van der Waals surface area contributed by atoms with Gasteiger partial charge in [-0.15, -0.1) is 11.3 Å². The molecule has 9 rings (SSSR count). The lowest BCUT2D eigenvalue weighted by atomic mass is 9.97. The van der Waals surface area contributed by atoms with Crippen LogP contribution in [0.4, 0.5) is 17.1 Å². The predicted octanol–water partition coefficient (Wildman–Crippen LogP) is 13.2. The Balaban J connectivity index is 1.21. The van der Waals surface area contributed by atoms with Crippen molar-refractivity contribution in [1.82, 2.24) is 0 Å². The molecule has 0 saturated carbocycles. The number of hydrogen-bond acceptors (Lipinski definition) is 2. The molecule has 1 nitrogen and oxygen atoms in total. The molecule has 0 fully saturated rings. The van der Waals surface area contributed by atoms with Crippen molar-refractivity contribution in [3.63, 3.8) is 0 Å². The Bertz CT molecular complexity index is 2520. The third-order valence-corrected chi connectivity index (χ3v) is 10.3. The molecule has 0 atom stereocenters. The molecule has 8 aromatic carbocycles. The number of benzene rings is 8. The van der Waals surface area contributed by atoms with Gasteiger partial charge < -0.3 is 4.90 Å². The maximum absolute atomic E-state index is 2.39. The van der Waals surface area contributed by atoms with Crippen LogP contribution >= 0.6 is 11.3 Å². The van der Waals surface area contributed by atoms with Gasteiger partial charge in [0.1, 0.15) is 0 Å². The van der Waals surface area contributed by atoms with E-state index in [-0.39, 0.29) is 0 Å². The summed E-state index contributed by atoms with van der Waals surface area (Å²) in [5.41, 5.74) is 8.25. The van der Waals surface area contributed by atoms with Crippen molar-refractivity contribution in [2.24, 2.45) is 0 Å². The van der Waals surface area contributed by atoms with Crippen LogP contribution in [0.25, 0.3) is 64.0 Å². The second-order valence-corrected chi connectivity index (χ2v) is 12.8. The van der Waals surface area contributed by atoms with Gasteiger partial charge in [-0.25, -0.2) is 0 Å². The first-order valence-corrected chi connectivity index (χ1v) is 16.5. The average Bonchev–Trinajstić information content (AvgIpc) is 3.51. The van der Waals surface area contributed by atoms with E-state index in [1.165, 1.54) is 64.0 Å². The van der Waals surface area contributed by atoms with Crippen LogP contribution in [0.1, 0.15) is 0 Å². The first-order chi connectivity index (χ1) is 22.8. The SMILES string of the molecule is c1ccc(-c2ccc(N(c3cccc(-c4cccc5ccccc45)c3)c3ccc4c(ccc5c6ccccc6sc45)c3)cc2)cc1. The van der Waals surface area contributed by atoms with Gasteiger partial charge >= 0.3 is 0 Å². The fraction of sp³-hybridized carbons (Fsp3) is 0. The zero-order chi connectivity index (χ0) is 30.5.